The summed E-state index contributed by atoms with van der Waals surface area (Å²) in [4.78, 5) is 20.9. The molecule has 0 saturated heterocycles. The number of alkyl halides is 3. The van der Waals surface area contributed by atoms with Crippen molar-refractivity contribution < 1.29 is 22.4 Å². The first-order valence-corrected chi connectivity index (χ1v) is 9.92. The van der Waals surface area contributed by atoms with Crippen LogP contribution in [0.25, 0.3) is 28.0 Å². The lowest BCUT2D eigenvalue weighted by atomic mass is 10.1. The largest absolute Gasteiger partial charge is 0.434 e. The number of carbonyl (C=O) groups is 1. The number of hydrogen-bond donors (Lipinski definition) is 1. The maximum Gasteiger partial charge on any atom is 0.434 e. The predicted octanol–water partition coefficient (Wildman–Crippen LogP) is 4.79. The van der Waals surface area contributed by atoms with E-state index in [9.17, 15) is 18.0 Å². The number of fused-ring (bicyclic) bond motifs is 1. The van der Waals surface area contributed by atoms with E-state index in [1.54, 1.807) is 24.3 Å². The summed E-state index contributed by atoms with van der Waals surface area (Å²) in [6.45, 7) is 0. The van der Waals surface area contributed by atoms with E-state index in [0.29, 0.717) is 15.5 Å². The van der Waals surface area contributed by atoms with E-state index in [-0.39, 0.29) is 28.0 Å². The molecule has 1 amide bonds. The summed E-state index contributed by atoms with van der Waals surface area (Å²) < 4.78 is 47.9. The number of carbonyl (C=O) groups excluding carboxylic acids is 1. The molecule has 0 atom stereocenters. The van der Waals surface area contributed by atoms with Gasteiger partial charge in [-0.25, -0.2) is 9.67 Å². The fourth-order valence-electron chi connectivity index (χ4n) is 3.38. The maximum atomic E-state index is 14.1. The van der Waals surface area contributed by atoms with E-state index in [1.807, 2.05) is 0 Å². The number of hydrogen-bond acceptors (Lipinski definition) is 7. The van der Waals surface area contributed by atoms with Crippen molar-refractivity contribution in [1.29, 1.82) is 0 Å². The van der Waals surface area contributed by atoms with E-state index in [0.717, 1.165) is 12.6 Å². The molecule has 170 valence electrons. The Morgan fingerprint density at radius 2 is 1.94 bits per heavy atom. The normalized spacial score (nSPS) is 11.6. The molecule has 13 heteroatoms. The molecule has 9 nitrogen and oxygen atoms in total. The average molecular weight is 486 g/mol. The van der Waals surface area contributed by atoms with Crippen LogP contribution in [0.1, 0.15) is 16.1 Å². The molecule has 0 aliphatic rings. The summed E-state index contributed by atoms with van der Waals surface area (Å²) in [5.74, 6) is -0.998. The monoisotopic (exact) mass is 485 g/mol. The number of amides is 1. The zero-order valence-electron chi connectivity index (χ0n) is 16.8. The Labute approximate surface area is 193 Å². The summed E-state index contributed by atoms with van der Waals surface area (Å²) in [6, 6.07) is 8.09. The second-order valence-corrected chi connectivity index (χ2v) is 7.36. The smallest absolute Gasteiger partial charge is 0.422 e. The number of pyridine rings is 2. The Morgan fingerprint density at radius 3 is 2.68 bits per heavy atom. The van der Waals surface area contributed by atoms with Crippen molar-refractivity contribution in [3.05, 3.63) is 77.8 Å². The summed E-state index contributed by atoms with van der Waals surface area (Å²) in [7, 11) is 0. The third kappa shape index (κ3) is 3.83. The highest BCUT2D eigenvalue weighted by molar-refractivity contribution is 6.33. The number of nitrogens with zero attached hydrogens (tertiary/aromatic N) is 6. The van der Waals surface area contributed by atoms with E-state index in [2.05, 4.69) is 30.6 Å². The highest BCUT2D eigenvalue weighted by atomic mass is 35.5. The molecule has 0 bridgehead atoms. The zero-order chi connectivity index (χ0) is 23.9. The highest BCUT2D eigenvalue weighted by Gasteiger charge is 2.41. The van der Waals surface area contributed by atoms with Gasteiger partial charge in [0.05, 0.1) is 40.6 Å². The molecule has 0 aliphatic carbocycles. The number of benzene rings is 1. The molecule has 34 heavy (non-hydrogen) atoms. The highest BCUT2D eigenvalue weighted by Crippen LogP contribution is 2.35. The van der Waals surface area contributed by atoms with Crippen LogP contribution in [0.3, 0.4) is 0 Å². The van der Waals surface area contributed by atoms with Crippen molar-refractivity contribution in [1.82, 2.24) is 29.9 Å². The minimum Gasteiger partial charge on any atom is -0.422 e. The summed E-state index contributed by atoms with van der Waals surface area (Å²) in [6.07, 6.45) is 1.03. The Kier molecular flexibility index (Phi) is 5.21. The van der Waals surface area contributed by atoms with Gasteiger partial charge < -0.3 is 9.73 Å². The summed E-state index contributed by atoms with van der Waals surface area (Å²) >= 11 is 6.15. The predicted molar refractivity (Wildman–Crippen MR) is 114 cm³/mol. The molecule has 0 saturated carbocycles. The lowest BCUT2D eigenvalue weighted by Crippen LogP contribution is -2.21. The van der Waals surface area contributed by atoms with Crippen molar-refractivity contribution in [2.24, 2.45) is 0 Å². The van der Waals surface area contributed by atoms with Crippen LogP contribution >= 0.6 is 11.6 Å². The van der Waals surface area contributed by atoms with Crippen molar-refractivity contribution in [3.8, 4) is 17.3 Å². The van der Waals surface area contributed by atoms with Crippen LogP contribution in [0.4, 0.5) is 18.9 Å². The lowest BCUT2D eigenvalue weighted by molar-refractivity contribution is -0.143. The fourth-order valence-corrected chi connectivity index (χ4v) is 3.62. The third-order valence-corrected chi connectivity index (χ3v) is 5.11. The number of rotatable bonds is 4. The maximum absolute atomic E-state index is 14.1. The molecule has 0 fully saturated rings. The van der Waals surface area contributed by atoms with Gasteiger partial charge in [-0.3, -0.25) is 9.78 Å². The number of aromatic nitrogens is 6. The molecule has 1 aromatic carbocycles. The van der Waals surface area contributed by atoms with Crippen LogP contribution in [-0.2, 0) is 6.18 Å². The minimum absolute atomic E-state index is 0.0483. The number of halogens is 4. The van der Waals surface area contributed by atoms with E-state index < -0.39 is 23.3 Å². The van der Waals surface area contributed by atoms with E-state index in [1.165, 1.54) is 24.7 Å². The molecule has 0 spiro atoms. The first kappa shape index (κ1) is 21.5. The van der Waals surface area contributed by atoms with Gasteiger partial charge in [0.15, 0.2) is 5.69 Å². The van der Waals surface area contributed by atoms with E-state index >= 15 is 0 Å². The van der Waals surface area contributed by atoms with Gasteiger partial charge in [0.25, 0.3) is 11.8 Å². The van der Waals surface area contributed by atoms with Crippen molar-refractivity contribution in [3.63, 3.8) is 0 Å². The lowest BCUT2D eigenvalue weighted by Gasteiger charge is -2.14. The quantitative estimate of drug-likeness (QED) is 0.389. The van der Waals surface area contributed by atoms with Gasteiger partial charge in [-0.15, -0.1) is 10.2 Å². The van der Waals surface area contributed by atoms with Gasteiger partial charge in [0.1, 0.15) is 5.69 Å². The molecule has 0 unspecified atom stereocenters. The van der Waals surface area contributed by atoms with Gasteiger partial charge >= 0.3 is 6.18 Å². The van der Waals surface area contributed by atoms with Crippen molar-refractivity contribution in [2.75, 3.05) is 5.32 Å². The molecule has 5 rings (SSSR count). The van der Waals surface area contributed by atoms with Crippen LogP contribution in [-0.4, -0.2) is 35.9 Å². The van der Waals surface area contributed by atoms with Crippen LogP contribution < -0.4 is 5.32 Å². The van der Waals surface area contributed by atoms with Crippen LogP contribution in [0, 0.1) is 0 Å². The standard InChI is InChI=1S/C21H11ClF3N7O2/c22-15-5-12(7-27-17(15)20-31-28-10-34-20)30-19(33)14-8-29-32(18(14)21(23,24)25)16-9-26-6-11-3-1-2-4-13(11)16/h1-10H,(H,30,33). The molecule has 0 radical (unpaired) electrons. The minimum atomic E-state index is -4.89. The molecule has 1 N–H and O–H groups in total. The second kappa shape index (κ2) is 8.23. The van der Waals surface area contributed by atoms with Gasteiger partial charge in [-0.2, -0.15) is 18.3 Å². The van der Waals surface area contributed by atoms with Crippen molar-refractivity contribution in [2.45, 2.75) is 6.18 Å². The number of anilines is 1. The van der Waals surface area contributed by atoms with Crippen molar-refractivity contribution >= 4 is 34.0 Å². The van der Waals surface area contributed by atoms with Crippen LogP contribution in [0.2, 0.25) is 5.02 Å². The Hall–Kier alpha value is -4.32. The SMILES string of the molecule is O=C(Nc1cnc(-c2nnco2)c(Cl)c1)c1cnn(-c2cncc3ccccc23)c1C(F)(F)F. The number of nitrogens with one attached hydrogen (secondary N) is 1. The first-order chi connectivity index (χ1) is 16.3. The third-order valence-electron chi connectivity index (χ3n) is 4.82. The van der Waals surface area contributed by atoms with Gasteiger partial charge in [0, 0.05) is 17.0 Å². The molecule has 4 heterocycles. The summed E-state index contributed by atoms with van der Waals surface area (Å²) in [5.41, 5.74) is -1.63. The summed E-state index contributed by atoms with van der Waals surface area (Å²) in [5, 5.41) is 14.6. The molecule has 5 aromatic rings. The van der Waals surface area contributed by atoms with Gasteiger partial charge in [0.2, 0.25) is 6.39 Å². The molecule has 4 aromatic heterocycles. The topological polar surface area (TPSA) is 112 Å². The molecular formula is C21H11ClF3N7O2. The zero-order valence-corrected chi connectivity index (χ0v) is 17.5. The first-order valence-electron chi connectivity index (χ1n) is 9.54. The Balaban J connectivity index is 1.53. The fraction of sp³-hybridized carbons (Fsp3) is 0.0476. The molecular weight excluding hydrogens is 475 g/mol. The molecule has 0 aliphatic heterocycles. The Morgan fingerprint density at radius 1 is 1.12 bits per heavy atom. The Bertz CT molecular complexity index is 1510. The van der Waals surface area contributed by atoms with Crippen LogP contribution in [0.5, 0.6) is 0 Å². The van der Waals surface area contributed by atoms with E-state index in [4.69, 9.17) is 16.0 Å². The second-order valence-electron chi connectivity index (χ2n) is 6.95. The van der Waals surface area contributed by atoms with Crippen LogP contribution in [0.15, 0.2) is 65.9 Å². The van der Waals surface area contributed by atoms with Gasteiger partial charge in [-0.05, 0) is 6.07 Å². The van der Waals surface area contributed by atoms with Gasteiger partial charge in [-0.1, -0.05) is 35.9 Å². The average Bonchev–Trinajstić information content (AvgIpc) is 3.49.